The van der Waals surface area contributed by atoms with Gasteiger partial charge in [-0.1, -0.05) is 13.8 Å². The van der Waals surface area contributed by atoms with E-state index in [-0.39, 0.29) is 5.91 Å². The van der Waals surface area contributed by atoms with E-state index in [1.54, 1.807) is 0 Å². The fourth-order valence-corrected chi connectivity index (χ4v) is 2.33. The number of anilines is 1. The maximum absolute atomic E-state index is 11.6. The molecule has 4 heteroatoms. The van der Waals surface area contributed by atoms with Gasteiger partial charge in [0.05, 0.1) is 0 Å². The van der Waals surface area contributed by atoms with Gasteiger partial charge >= 0.3 is 0 Å². The summed E-state index contributed by atoms with van der Waals surface area (Å²) in [6, 6.07) is 4.05. The summed E-state index contributed by atoms with van der Waals surface area (Å²) in [5, 5.41) is 2.96. The number of nitrogens with one attached hydrogen (secondary N) is 1. The van der Waals surface area contributed by atoms with Gasteiger partial charge in [0, 0.05) is 32.3 Å². The zero-order valence-electron chi connectivity index (χ0n) is 11.9. The summed E-state index contributed by atoms with van der Waals surface area (Å²) >= 11 is 0. The van der Waals surface area contributed by atoms with Gasteiger partial charge in [-0.25, -0.2) is 4.98 Å². The second-order valence-electron chi connectivity index (χ2n) is 5.59. The molecule has 0 aromatic carbocycles. The molecular weight excluding hydrogens is 238 g/mol. The lowest BCUT2D eigenvalue weighted by molar-refractivity contribution is -0.121. The number of carbonyl (C=O) groups is 1. The molecule has 104 valence electrons. The SMILES string of the molecule is CC(C)CC(=O)NCc1ccnc(N2CCCC2)c1. The minimum Gasteiger partial charge on any atom is -0.357 e. The van der Waals surface area contributed by atoms with Gasteiger partial charge < -0.3 is 10.2 Å². The summed E-state index contributed by atoms with van der Waals surface area (Å²) < 4.78 is 0. The predicted octanol–water partition coefficient (Wildman–Crippen LogP) is 2.34. The highest BCUT2D eigenvalue weighted by Gasteiger charge is 2.13. The van der Waals surface area contributed by atoms with Gasteiger partial charge in [0.15, 0.2) is 0 Å². The second-order valence-corrected chi connectivity index (χ2v) is 5.59. The van der Waals surface area contributed by atoms with E-state index in [0.717, 1.165) is 24.5 Å². The van der Waals surface area contributed by atoms with Crippen LogP contribution in [0.15, 0.2) is 18.3 Å². The molecule has 1 fully saturated rings. The van der Waals surface area contributed by atoms with Gasteiger partial charge in [-0.15, -0.1) is 0 Å². The molecular formula is C15H23N3O. The molecule has 1 aromatic heterocycles. The van der Waals surface area contributed by atoms with Crippen molar-refractivity contribution in [1.29, 1.82) is 0 Å². The Labute approximate surface area is 115 Å². The minimum atomic E-state index is 0.120. The number of rotatable bonds is 5. The molecule has 0 unspecified atom stereocenters. The first kappa shape index (κ1) is 13.8. The van der Waals surface area contributed by atoms with E-state index < -0.39 is 0 Å². The predicted molar refractivity (Wildman–Crippen MR) is 77.0 cm³/mol. The lowest BCUT2D eigenvalue weighted by atomic mass is 10.1. The minimum absolute atomic E-state index is 0.120. The fourth-order valence-electron chi connectivity index (χ4n) is 2.33. The quantitative estimate of drug-likeness (QED) is 0.885. The highest BCUT2D eigenvalue weighted by atomic mass is 16.1. The van der Waals surface area contributed by atoms with E-state index >= 15 is 0 Å². The second kappa shape index (κ2) is 6.55. The van der Waals surface area contributed by atoms with Crippen LogP contribution in [0.5, 0.6) is 0 Å². The first-order valence-electron chi connectivity index (χ1n) is 7.11. The first-order chi connectivity index (χ1) is 9.15. The van der Waals surface area contributed by atoms with Crippen LogP contribution in [0.2, 0.25) is 0 Å². The third-order valence-corrected chi connectivity index (χ3v) is 3.32. The highest BCUT2D eigenvalue weighted by molar-refractivity contribution is 5.76. The van der Waals surface area contributed by atoms with E-state index in [0.29, 0.717) is 18.9 Å². The Bertz CT molecular complexity index is 425. The highest BCUT2D eigenvalue weighted by Crippen LogP contribution is 2.18. The Kier molecular flexibility index (Phi) is 4.77. The lowest BCUT2D eigenvalue weighted by Gasteiger charge is -2.17. The van der Waals surface area contributed by atoms with E-state index in [1.165, 1.54) is 12.8 Å². The molecule has 0 radical (unpaired) electrons. The molecule has 0 saturated carbocycles. The summed E-state index contributed by atoms with van der Waals surface area (Å²) in [5.41, 5.74) is 1.12. The topological polar surface area (TPSA) is 45.2 Å². The van der Waals surface area contributed by atoms with E-state index in [9.17, 15) is 4.79 Å². The molecule has 0 aliphatic carbocycles. The van der Waals surface area contributed by atoms with Crippen molar-refractivity contribution in [3.8, 4) is 0 Å². The zero-order valence-corrected chi connectivity index (χ0v) is 11.9. The van der Waals surface area contributed by atoms with Gasteiger partial charge in [-0.3, -0.25) is 4.79 Å². The molecule has 1 saturated heterocycles. The van der Waals surface area contributed by atoms with Crippen LogP contribution in [-0.2, 0) is 11.3 Å². The van der Waals surface area contributed by atoms with E-state index in [2.05, 4.69) is 35.1 Å². The number of pyridine rings is 1. The summed E-state index contributed by atoms with van der Waals surface area (Å²) in [7, 11) is 0. The van der Waals surface area contributed by atoms with Crippen molar-refractivity contribution in [1.82, 2.24) is 10.3 Å². The van der Waals surface area contributed by atoms with Gasteiger partial charge in [0.1, 0.15) is 5.82 Å². The molecule has 0 atom stereocenters. The molecule has 2 heterocycles. The van der Waals surface area contributed by atoms with Crippen molar-refractivity contribution >= 4 is 11.7 Å². The van der Waals surface area contributed by atoms with Crippen molar-refractivity contribution in [2.24, 2.45) is 5.92 Å². The molecule has 1 aromatic rings. The molecule has 1 aliphatic heterocycles. The average Bonchev–Trinajstić information content (AvgIpc) is 2.90. The fraction of sp³-hybridized carbons (Fsp3) is 0.600. The van der Waals surface area contributed by atoms with Crippen LogP contribution in [0.25, 0.3) is 0 Å². The number of aromatic nitrogens is 1. The van der Waals surface area contributed by atoms with Crippen LogP contribution >= 0.6 is 0 Å². The molecule has 4 nitrogen and oxygen atoms in total. The van der Waals surface area contributed by atoms with Gasteiger partial charge in [-0.2, -0.15) is 0 Å². The van der Waals surface area contributed by atoms with Crippen LogP contribution in [0, 0.1) is 5.92 Å². The normalized spacial score (nSPS) is 15.0. The van der Waals surface area contributed by atoms with Gasteiger partial charge in [0.25, 0.3) is 0 Å². The molecule has 19 heavy (non-hydrogen) atoms. The van der Waals surface area contributed by atoms with Crippen LogP contribution in [0.3, 0.4) is 0 Å². The Hall–Kier alpha value is -1.58. The number of hydrogen-bond donors (Lipinski definition) is 1. The maximum atomic E-state index is 11.6. The van der Waals surface area contributed by atoms with Crippen LogP contribution in [0.1, 0.15) is 38.7 Å². The van der Waals surface area contributed by atoms with Gasteiger partial charge in [0.2, 0.25) is 5.91 Å². The molecule has 0 spiro atoms. The van der Waals surface area contributed by atoms with Crippen molar-refractivity contribution in [2.45, 2.75) is 39.7 Å². The van der Waals surface area contributed by atoms with Gasteiger partial charge in [-0.05, 0) is 36.5 Å². The van der Waals surface area contributed by atoms with E-state index in [4.69, 9.17) is 0 Å². The number of nitrogens with zero attached hydrogens (tertiary/aromatic N) is 2. The van der Waals surface area contributed by atoms with Crippen molar-refractivity contribution < 1.29 is 4.79 Å². The maximum Gasteiger partial charge on any atom is 0.220 e. The summed E-state index contributed by atoms with van der Waals surface area (Å²) in [5.74, 6) is 1.56. The largest absolute Gasteiger partial charge is 0.357 e. The first-order valence-corrected chi connectivity index (χ1v) is 7.11. The Balaban J connectivity index is 1.90. The molecule has 2 rings (SSSR count). The summed E-state index contributed by atoms with van der Waals surface area (Å²) in [6.07, 6.45) is 4.91. The average molecular weight is 261 g/mol. The third kappa shape index (κ3) is 4.23. The Morgan fingerprint density at radius 3 is 2.84 bits per heavy atom. The van der Waals surface area contributed by atoms with Crippen LogP contribution in [0.4, 0.5) is 5.82 Å². The molecule has 1 amide bonds. The monoisotopic (exact) mass is 261 g/mol. The number of carbonyl (C=O) groups excluding carboxylic acids is 1. The Morgan fingerprint density at radius 1 is 1.42 bits per heavy atom. The Morgan fingerprint density at radius 2 is 2.16 bits per heavy atom. The summed E-state index contributed by atoms with van der Waals surface area (Å²) in [4.78, 5) is 18.3. The van der Waals surface area contributed by atoms with E-state index in [1.807, 2.05) is 12.3 Å². The third-order valence-electron chi connectivity index (χ3n) is 3.32. The lowest BCUT2D eigenvalue weighted by Crippen LogP contribution is -2.24. The van der Waals surface area contributed by atoms with Crippen molar-refractivity contribution in [3.63, 3.8) is 0 Å². The smallest absolute Gasteiger partial charge is 0.220 e. The van der Waals surface area contributed by atoms with Crippen LogP contribution in [-0.4, -0.2) is 24.0 Å². The molecule has 1 N–H and O–H groups in total. The standard InChI is InChI=1S/C15H23N3O/c1-12(2)9-15(19)17-11-13-5-6-16-14(10-13)18-7-3-4-8-18/h5-6,10,12H,3-4,7-9,11H2,1-2H3,(H,17,19). The number of hydrogen-bond acceptors (Lipinski definition) is 3. The molecule has 0 bridgehead atoms. The van der Waals surface area contributed by atoms with Crippen LogP contribution < -0.4 is 10.2 Å². The zero-order chi connectivity index (χ0) is 13.7. The van der Waals surface area contributed by atoms with Crippen molar-refractivity contribution in [3.05, 3.63) is 23.9 Å². The van der Waals surface area contributed by atoms with Crippen molar-refractivity contribution in [2.75, 3.05) is 18.0 Å². The molecule has 1 aliphatic rings. The number of amides is 1. The summed E-state index contributed by atoms with van der Waals surface area (Å²) in [6.45, 7) is 6.89.